The van der Waals surface area contributed by atoms with Crippen LogP contribution in [0, 0.1) is 5.41 Å². The standard InChI is InChI=1S/C11H23NO/c1-10(13)5-8-12-9-11(2)6-3-4-7-11/h10,12-13H,3-9H2,1-2H3. The number of hydrogen-bond acceptors (Lipinski definition) is 2. The number of nitrogens with one attached hydrogen (secondary N) is 1. The van der Waals surface area contributed by atoms with Gasteiger partial charge in [-0.3, -0.25) is 0 Å². The SMILES string of the molecule is CC(O)CCNCC1(C)CCCC1. The van der Waals surface area contributed by atoms with Gasteiger partial charge >= 0.3 is 0 Å². The second-order valence-corrected chi connectivity index (χ2v) is 4.83. The molecule has 0 spiro atoms. The van der Waals surface area contributed by atoms with Crippen molar-refractivity contribution in [3.8, 4) is 0 Å². The minimum Gasteiger partial charge on any atom is -0.393 e. The van der Waals surface area contributed by atoms with Gasteiger partial charge in [0.15, 0.2) is 0 Å². The van der Waals surface area contributed by atoms with Crippen molar-refractivity contribution in [2.45, 2.75) is 52.1 Å². The minimum absolute atomic E-state index is 0.163. The Labute approximate surface area is 81.7 Å². The monoisotopic (exact) mass is 185 g/mol. The number of hydrogen-bond donors (Lipinski definition) is 2. The Bertz CT molecular complexity index is 139. The predicted molar refractivity (Wildman–Crippen MR) is 55.7 cm³/mol. The second-order valence-electron chi connectivity index (χ2n) is 4.83. The summed E-state index contributed by atoms with van der Waals surface area (Å²) < 4.78 is 0. The molecule has 0 aromatic rings. The molecule has 2 nitrogen and oxygen atoms in total. The average molecular weight is 185 g/mol. The highest BCUT2D eigenvalue weighted by molar-refractivity contribution is 4.82. The molecule has 1 rings (SSSR count). The van der Waals surface area contributed by atoms with E-state index in [1.54, 1.807) is 0 Å². The van der Waals surface area contributed by atoms with Crippen LogP contribution >= 0.6 is 0 Å². The van der Waals surface area contributed by atoms with Gasteiger partial charge in [-0.2, -0.15) is 0 Å². The van der Waals surface area contributed by atoms with E-state index in [9.17, 15) is 0 Å². The third-order valence-corrected chi connectivity index (χ3v) is 3.10. The van der Waals surface area contributed by atoms with Crippen LogP contribution in [0.4, 0.5) is 0 Å². The zero-order chi connectivity index (χ0) is 9.73. The highest BCUT2D eigenvalue weighted by Gasteiger charge is 2.27. The number of rotatable bonds is 5. The normalized spacial score (nSPS) is 23.3. The summed E-state index contributed by atoms with van der Waals surface area (Å²) >= 11 is 0. The summed E-state index contributed by atoms with van der Waals surface area (Å²) in [6.07, 6.45) is 6.24. The van der Waals surface area contributed by atoms with E-state index in [1.807, 2.05) is 6.92 Å². The van der Waals surface area contributed by atoms with Crippen LogP contribution in [0.15, 0.2) is 0 Å². The van der Waals surface area contributed by atoms with Crippen LogP contribution in [0.1, 0.15) is 46.0 Å². The molecule has 1 fully saturated rings. The lowest BCUT2D eigenvalue weighted by atomic mass is 9.89. The van der Waals surface area contributed by atoms with E-state index in [-0.39, 0.29) is 6.10 Å². The summed E-state index contributed by atoms with van der Waals surface area (Å²) in [6.45, 7) is 6.29. The fourth-order valence-electron chi connectivity index (χ4n) is 2.11. The van der Waals surface area contributed by atoms with Crippen molar-refractivity contribution in [1.82, 2.24) is 5.32 Å². The Morgan fingerprint density at radius 1 is 1.38 bits per heavy atom. The van der Waals surface area contributed by atoms with Crippen LogP contribution in [0.25, 0.3) is 0 Å². The van der Waals surface area contributed by atoms with E-state index >= 15 is 0 Å². The van der Waals surface area contributed by atoms with Gasteiger partial charge in [0, 0.05) is 6.54 Å². The Kier molecular flexibility index (Phi) is 4.20. The summed E-state index contributed by atoms with van der Waals surface area (Å²) in [6, 6.07) is 0. The molecule has 0 amide bonds. The molecule has 0 aromatic carbocycles. The van der Waals surface area contributed by atoms with E-state index < -0.39 is 0 Å². The molecule has 1 atom stereocenters. The molecule has 0 saturated heterocycles. The third kappa shape index (κ3) is 4.10. The fraction of sp³-hybridized carbons (Fsp3) is 1.00. The molecule has 1 unspecified atom stereocenters. The van der Waals surface area contributed by atoms with Gasteiger partial charge in [-0.25, -0.2) is 0 Å². The lowest BCUT2D eigenvalue weighted by molar-refractivity contribution is 0.181. The Balaban J connectivity index is 2.04. The summed E-state index contributed by atoms with van der Waals surface area (Å²) in [5.74, 6) is 0. The summed E-state index contributed by atoms with van der Waals surface area (Å²) in [7, 11) is 0. The largest absolute Gasteiger partial charge is 0.393 e. The molecule has 2 N–H and O–H groups in total. The number of aliphatic hydroxyl groups excluding tert-OH is 1. The van der Waals surface area contributed by atoms with Crippen molar-refractivity contribution in [3.63, 3.8) is 0 Å². The molecule has 0 heterocycles. The molecule has 1 aliphatic rings. The summed E-state index contributed by atoms with van der Waals surface area (Å²) in [4.78, 5) is 0. The van der Waals surface area contributed by atoms with Crippen LogP contribution in [0.2, 0.25) is 0 Å². The quantitative estimate of drug-likeness (QED) is 0.641. The smallest absolute Gasteiger partial charge is 0.0524 e. The van der Waals surface area contributed by atoms with Crippen LogP contribution in [0.3, 0.4) is 0 Å². The van der Waals surface area contributed by atoms with E-state index in [2.05, 4.69) is 12.2 Å². The first-order chi connectivity index (χ1) is 6.12. The molecule has 0 bridgehead atoms. The second kappa shape index (κ2) is 4.97. The van der Waals surface area contributed by atoms with Crippen molar-refractivity contribution >= 4 is 0 Å². The van der Waals surface area contributed by atoms with Gasteiger partial charge in [0.05, 0.1) is 6.10 Å². The van der Waals surface area contributed by atoms with Crippen molar-refractivity contribution in [1.29, 1.82) is 0 Å². The molecule has 0 radical (unpaired) electrons. The summed E-state index contributed by atoms with van der Waals surface area (Å²) in [5, 5.41) is 12.5. The van der Waals surface area contributed by atoms with E-state index in [1.165, 1.54) is 25.7 Å². The molecule has 78 valence electrons. The maximum absolute atomic E-state index is 9.07. The van der Waals surface area contributed by atoms with Gasteiger partial charge in [-0.15, -0.1) is 0 Å². The van der Waals surface area contributed by atoms with E-state index in [4.69, 9.17) is 5.11 Å². The van der Waals surface area contributed by atoms with Crippen LogP contribution < -0.4 is 5.32 Å². The van der Waals surface area contributed by atoms with Gasteiger partial charge in [-0.1, -0.05) is 19.8 Å². The predicted octanol–water partition coefficient (Wildman–Crippen LogP) is 1.93. The first-order valence-electron chi connectivity index (χ1n) is 5.51. The van der Waals surface area contributed by atoms with Crippen molar-refractivity contribution in [2.75, 3.05) is 13.1 Å². The van der Waals surface area contributed by atoms with Crippen molar-refractivity contribution < 1.29 is 5.11 Å². The minimum atomic E-state index is -0.163. The van der Waals surface area contributed by atoms with Gasteiger partial charge in [0.25, 0.3) is 0 Å². The lowest BCUT2D eigenvalue weighted by Crippen LogP contribution is -2.31. The van der Waals surface area contributed by atoms with Crippen LogP contribution in [0.5, 0.6) is 0 Å². The highest BCUT2D eigenvalue weighted by atomic mass is 16.3. The zero-order valence-electron chi connectivity index (χ0n) is 8.97. The van der Waals surface area contributed by atoms with Gasteiger partial charge < -0.3 is 10.4 Å². The molecule has 2 heteroatoms. The average Bonchev–Trinajstić information content (AvgIpc) is 2.47. The molecule has 0 aliphatic heterocycles. The number of aliphatic hydroxyl groups is 1. The van der Waals surface area contributed by atoms with Crippen LogP contribution in [-0.4, -0.2) is 24.3 Å². The van der Waals surface area contributed by atoms with Crippen molar-refractivity contribution in [3.05, 3.63) is 0 Å². The molecular formula is C11H23NO. The molecular weight excluding hydrogens is 162 g/mol. The topological polar surface area (TPSA) is 32.3 Å². The molecule has 0 aromatic heterocycles. The Hall–Kier alpha value is -0.0800. The van der Waals surface area contributed by atoms with Gasteiger partial charge in [0.2, 0.25) is 0 Å². The first kappa shape index (κ1) is 11.0. The molecule has 13 heavy (non-hydrogen) atoms. The molecule has 1 saturated carbocycles. The van der Waals surface area contributed by atoms with Gasteiger partial charge in [0.1, 0.15) is 0 Å². The van der Waals surface area contributed by atoms with E-state index in [0.717, 1.165) is 19.5 Å². The third-order valence-electron chi connectivity index (χ3n) is 3.10. The maximum Gasteiger partial charge on any atom is 0.0524 e. The maximum atomic E-state index is 9.07. The first-order valence-corrected chi connectivity index (χ1v) is 5.51. The molecule has 1 aliphatic carbocycles. The lowest BCUT2D eigenvalue weighted by Gasteiger charge is -2.23. The Morgan fingerprint density at radius 2 is 2.00 bits per heavy atom. The summed E-state index contributed by atoms with van der Waals surface area (Å²) in [5.41, 5.74) is 0.540. The zero-order valence-corrected chi connectivity index (χ0v) is 8.97. The van der Waals surface area contributed by atoms with Gasteiger partial charge in [-0.05, 0) is 38.1 Å². The Morgan fingerprint density at radius 3 is 2.54 bits per heavy atom. The van der Waals surface area contributed by atoms with E-state index in [0.29, 0.717) is 5.41 Å². The van der Waals surface area contributed by atoms with Crippen molar-refractivity contribution in [2.24, 2.45) is 5.41 Å². The fourth-order valence-corrected chi connectivity index (χ4v) is 2.11. The van der Waals surface area contributed by atoms with Crippen LogP contribution in [-0.2, 0) is 0 Å². The highest BCUT2D eigenvalue weighted by Crippen LogP contribution is 2.36.